The Labute approximate surface area is 96.9 Å². The molecule has 0 spiro atoms. The van der Waals surface area contributed by atoms with Gasteiger partial charge in [-0.05, 0) is 38.5 Å². The van der Waals surface area contributed by atoms with E-state index in [0.29, 0.717) is 6.04 Å². The summed E-state index contributed by atoms with van der Waals surface area (Å²) < 4.78 is 0. The van der Waals surface area contributed by atoms with Crippen LogP contribution in [0.5, 0.6) is 0 Å². The second kappa shape index (κ2) is 5.64. The SMILES string of the molecule is NC1CCC(C(=O)NOC2CCCC2)CC1. The van der Waals surface area contributed by atoms with Crippen molar-refractivity contribution in [3.05, 3.63) is 0 Å². The van der Waals surface area contributed by atoms with Crippen molar-refractivity contribution in [1.29, 1.82) is 0 Å². The Bertz CT molecular complexity index is 231. The van der Waals surface area contributed by atoms with Crippen molar-refractivity contribution in [2.24, 2.45) is 11.7 Å². The second-order valence-corrected chi connectivity index (χ2v) is 5.10. The van der Waals surface area contributed by atoms with E-state index < -0.39 is 0 Å². The maximum absolute atomic E-state index is 11.8. The molecule has 1 amide bonds. The molecule has 2 aliphatic rings. The lowest BCUT2D eigenvalue weighted by molar-refractivity contribution is -0.143. The summed E-state index contributed by atoms with van der Waals surface area (Å²) >= 11 is 0. The predicted octanol–water partition coefficient (Wildman–Crippen LogP) is 1.49. The normalized spacial score (nSPS) is 31.6. The maximum Gasteiger partial charge on any atom is 0.246 e. The Morgan fingerprint density at radius 3 is 2.31 bits per heavy atom. The Balaban J connectivity index is 1.67. The van der Waals surface area contributed by atoms with Crippen LogP contribution in [0.15, 0.2) is 0 Å². The highest BCUT2D eigenvalue weighted by molar-refractivity contribution is 5.77. The summed E-state index contributed by atoms with van der Waals surface area (Å²) in [5.41, 5.74) is 8.44. The van der Waals surface area contributed by atoms with Crippen LogP contribution in [0.4, 0.5) is 0 Å². The predicted molar refractivity (Wildman–Crippen MR) is 61.4 cm³/mol. The lowest BCUT2D eigenvalue weighted by Crippen LogP contribution is -2.37. The molecule has 0 aromatic rings. The monoisotopic (exact) mass is 226 g/mol. The van der Waals surface area contributed by atoms with Crippen molar-refractivity contribution in [2.75, 3.05) is 0 Å². The molecule has 4 nitrogen and oxygen atoms in total. The van der Waals surface area contributed by atoms with Gasteiger partial charge in [0.2, 0.25) is 5.91 Å². The Kier molecular flexibility index (Phi) is 4.18. The molecule has 0 heterocycles. The molecule has 2 saturated carbocycles. The fraction of sp³-hybridized carbons (Fsp3) is 0.917. The van der Waals surface area contributed by atoms with Crippen LogP contribution in [0.1, 0.15) is 51.4 Å². The van der Waals surface area contributed by atoms with E-state index in [1.54, 1.807) is 0 Å². The molecule has 92 valence electrons. The van der Waals surface area contributed by atoms with Crippen molar-refractivity contribution in [1.82, 2.24) is 5.48 Å². The number of amides is 1. The highest BCUT2D eigenvalue weighted by Crippen LogP contribution is 2.24. The van der Waals surface area contributed by atoms with Crippen LogP contribution in [0.25, 0.3) is 0 Å². The van der Waals surface area contributed by atoms with Crippen LogP contribution < -0.4 is 11.2 Å². The van der Waals surface area contributed by atoms with E-state index in [1.165, 1.54) is 12.8 Å². The van der Waals surface area contributed by atoms with Gasteiger partial charge in [-0.25, -0.2) is 5.48 Å². The molecule has 0 aromatic carbocycles. The first kappa shape index (κ1) is 11.9. The summed E-state index contributed by atoms with van der Waals surface area (Å²) in [5.74, 6) is 0.167. The van der Waals surface area contributed by atoms with Gasteiger partial charge in [0.15, 0.2) is 0 Å². The van der Waals surface area contributed by atoms with E-state index in [1.807, 2.05) is 0 Å². The lowest BCUT2D eigenvalue weighted by Gasteiger charge is -2.25. The number of hydroxylamine groups is 1. The molecule has 0 unspecified atom stereocenters. The minimum Gasteiger partial charge on any atom is -0.328 e. The largest absolute Gasteiger partial charge is 0.328 e. The number of hydrogen-bond donors (Lipinski definition) is 2. The maximum atomic E-state index is 11.8. The van der Waals surface area contributed by atoms with Crippen molar-refractivity contribution >= 4 is 5.91 Å². The smallest absolute Gasteiger partial charge is 0.246 e. The fourth-order valence-corrected chi connectivity index (χ4v) is 2.61. The van der Waals surface area contributed by atoms with E-state index in [9.17, 15) is 4.79 Å². The van der Waals surface area contributed by atoms with Crippen LogP contribution in [0.3, 0.4) is 0 Å². The van der Waals surface area contributed by atoms with Gasteiger partial charge < -0.3 is 5.73 Å². The summed E-state index contributed by atoms with van der Waals surface area (Å²) in [6.45, 7) is 0. The van der Waals surface area contributed by atoms with Gasteiger partial charge in [-0.2, -0.15) is 0 Å². The quantitative estimate of drug-likeness (QED) is 0.717. The van der Waals surface area contributed by atoms with Gasteiger partial charge in [-0.1, -0.05) is 12.8 Å². The Hall–Kier alpha value is -0.610. The molecule has 2 fully saturated rings. The topological polar surface area (TPSA) is 64.4 Å². The van der Waals surface area contributed by atoms with Crippen molar-refractivity contribution in [2.45, 2.75) is 63.5 Å². The van der Waals surface area contributed by atoms with Gasteiger partial charge in [-0.15, -0.1) is 0 Å². The van der Waals surface area contributed by atoms with Crippen LogP contribution in [0, 0.1) is 5.92 Å². The lowest BCUT2D eigenvalue weighted by atomic mass is 9.86. The van der Waals surface area contributed by atoms with Gasteiger partial charge in [0, 0.05) is 12.0 Å². The summed E-state index contributed by atoms with van der Waals surface area (Å²) in [6.07, 6.45) is 8.57. The molecule has 16 heavy (non-hydrogen) atoms. The minimum absolute atomic E-state index is 0.0544. The molecule has 0 atom stereocenters. The summed E-state index contributed by atoms with van der Waals surface area (Å²) in [7, 11) is 0. The zero-order valence-corrected chi connectivity index (χ0v) is 9.78. The number of rotatable bonds is 3. The molecule has 2 aliphatic carbocycles. The number of nitrogens with one attached hydrogen (secondary N) is 1. The van der Waals surface area contributed by atoms with Crippen LogP contribution in [-0.2, 0) is 9.63 Å². The van der Waals surface area contributed by atoms with Crippen molar-refractivity contribution in [3.8, 4) is 0 Å². The van der Waals surface area contributed by atoms with Crippen LogP contribution in [0.2, 0.25) is 0 Å². The average Bonchev–Trinajstić information content (AvgIpc) is 2.80. The summed E-state index contributed by atoms with van der Waals surface area (Å²) in [6, 6.07) is 0.291. The Morgan fingerprint density at radius 1 is 1.06 bits per heavy atom. The van der Waals surface area contributed by atoms with Crippen LogP contribution >= 0.6 is 0 Å². The molecule has 4 heteroatoms. The molecule has 0 aliphatic heterocycles. The molecular formula is C12H22N2O2. The first-order chi connectivity index (χ1) is 7.75. The molecule has 0 saturated heterocycles. The number of nitrogens with two attached hydrogens (primary N) is 1. The zero-order chi connectivity index (χ0) is 11.4. The molecule has 0 aromatic heterocycles. The van der Waals surface area contributed by atoms with Crippen LogP contribution in [-0.4, -0.2) is 18.1 Å². The van der Waals surface area contributed by atoms with Gasteiger partial charge >= 0.3 is 0 Å². The molecule has 0 radical (unpaired) electrons. The molecule has 2 rings (SSSR count). The van der Waals surface area contributed by atoms with Gasteiger partial charge in [0.05, 0.1) is 6.10 Å². The highest BCUT2D eigenvalue weighted by atomic mass is 16.7. The van der Waals surface area contributed by atoms with Gasteiger partial charge in [-0.3, -0.25) is 9.63 Å². The third-order valence-electron chi connectivity index (χ3n) is 3.77. The van der Waals surface area contributed by atoms with E-state index in [0.717, 1.165) is 38.5 Å². The molecule has 3 N–H and O–H groups in total. The summed E-state index contributed by atoms with van der Waals surface area (Å²) in [5, 5.41) is 0. The first-order valence-electron chi connectivity index (χ1n) is 6.47. The molecule has 0 bridgehead atoms. The van der Waals surface area contributed by atoms with E-state index in [4.69, 9.17) is 10.6 Å². The zero-order valence-electron chi connectivity index (χ0n) is 9.78. The summed E-state index contributed by atoms with van der Waals surface area (Å²) in [4.78, 5) is 17.2. The minimum atomic E-state index is 0.0544. The third kappa shape index (κ3) is 3.19. The standard InChI is InChI=1S/C12H22N2O2/c13-10-7-5-9(6-8-10)12(15)14-16-11-3-1-2-4-11/h9-11H,1-8,13H2,(H,14,15). The van der Waals surface area contributed by atoms with Gasteiger partial charge in [0.1, 0.15) is 0 Å². The second-order valence-electron chi connectivity index (χ2n) is 5.10. The van der Waals surface area contributed by atoms with E-state index in [2.05, 4.69) is 5.48 Å². The average molecular weight is 226 g/mol. The number of carbonyl (C=O) groups excluding carboxylic acids is 1. The third-order valence-corrected chi connectivity index (χ3v) is 3.77. The first-order valence-corrected chi connectivity index (χ1v) is 6.47. The molecular weight excluding hydrogens is 204 g/mol. The number of carbonyl (C=O) groups is 1. The highest BCUT2D eigenvalue weighted by Gasteiger charge is 2.25. The fourth-order valence-electron chi connectivity index (χ4n) is 2.61. The Morgan fingerprint density at radius 2 is 1.69 bits per heavy atom. The number of hydrogen-bond acceptors (Lipinski definition) is 3. The van der Waals surface area contributed by atoms with Crippen molar-refractivity contribution in [3.63, 3.8) is 0 Å². The van der Waals surface area contributed by atoms with Gasteiger partial charge in [0.25, 0.3) is 0 Å². The van der Waals surface area contributed by atoms with E-state index >= 15 is 0 Å². The van der Waals surface area contributed by atoms with Crippen molar-refractivity contribution < 1.29 is 9.63 Å². The van der Waals surface area contributed by atoms with E-state index in [-0.39, 0.29) is 17.9 Å².